The van der Waals surface area contributed by atoms with Crippen molar-refractivity contribution in [3.05, 3.63) is 34.2 Å². The Hall–Kier alpha value is -3.47. The van der Waals surface area contributed by atoms with Gasteiger partial charge in [0.15, 0.2) is 24.1 Å². The molecule has 1 aromatic heterocycles. The molecule has 1 aromatic carbocycles. The highest BCUT2D eigenvalue weighted by atomic mass is 16.7. The summed E-state index contributed by atoms with van der Waals surface area (Å²) in [6.07, 6.45) is -10.2. The number of cyclic esters (lactones) is 1. The maximum Gasteiger partial charge on any atom is 0.336 e. The SMILES string of the molecule is CC[C@H]1OC(=O)[C@H](C)[C@@H](OC2C[C@@](C)(OC)[C@@H](O)[C@H](C)O2)[C@H](C)[C@@H](OC2O[C@H](C)C[C@H](N(C)C)[C@H]2O)[C@](C)(O)C[C@@H](C)/C(=N/OCc2cc(=O)oc3cc(OC)c(OC)cc23)[C@H](C)[C@@H](O)[C@]1(C)O. The number of rotatable bonds is 12. The van der Waals surface area contributed by atoms with E-state index < -0.39 is 107 Å². The van der Waals surface area contributed by atoms with E-state index in [-0.39, 0.29) is 49.3 Å². The van der Waals surface area contributed by atoms with Crippen LogP contribution < -0.4 is 15.1 Å². The number of likely N-dealkylation sites (N-methyl/N-ethyl adjacent to an activating group) is 1. The number of aliphatic hydroxyl groups is 5. The predicted octanol–water partition coefficient (Wildman–Crippen LogP) is 3.91. The highest BCUT2D eigenvalue weighted by molar-refractivity contribution is 5.89. The first-order valence-electron chi connectivity index (χ1n) is 23.7. The fourth-order valence-corrected chi connectivity index (χ4v) is 10.4. The summed E-state index contributed by atoms with van der Waals surface area (Å²) >= 11 is 0. The number of fused-ring (bicyclic) bond motifs is 1. The number of carbonyl (C=O) groups is 1. The van der Waals surface area contributed by atoms with Crippen LogP contribution in [0.25, 0.3) is 11.0 Å². The zero-order valence-corrected chi connectivity index (χ0v) is 42.5. The van der Waals surface area contributed by atoms with Gasteiger partial charge < -0.3 is 77.6 Å². The van der Waals surface area contributed by atoms with Crippen LogP contribution in [0.1, 0.15) is 100 Å². The van der Waals surface area contributed by atoms with E-state index >= 15 is 0 Å². The van der Waals surface area contributed by atoms with E-state index in [4.69, 9.17) is 47.1 Å². The number of carbonyl (C=O) groups excluding carboxylic acids is 1. The molecule has 5 N–H and O–H groups in total. The van der Waals surface area contributed by atoms with Gasteiger partial charge in [0.25, 0.3) is 0 Å². The molecule has 0 aliphatic carbocycles. The van der Waals surface area contributed by atoms with Crippen LogP contribution in [0.5, 0.6) is 11.5 Å². The summed E-state index contributed by atoms with van der Waals surface area (Å²) in [6, 6.07) is 4.07. The summed E-state index contributed by atoms with van der Waals surface area (Å²) in [5.74, 6) is -3.78. The molecule has 18 atom stereocenters. The van der Waals surface area contributed by atoms with Gasteiger partial charge in [0.1, 0.15) is 36.1 Å². The minimum atomic E-state index is -2.05. The average Bonchev–Trinajstić information content (AvgIpc) is 3.28. The lowest BCUT2D eigenvalue weighted by atomic mass is 9.73. The minimum absolute atomic E-state index is 0.0625. The Kier molecular flexibility index (Phi) is 18.2. The lowest BCUT2D eigenvalue weighted by molar-refractivity contribution is -0.317. The van der Waals surface area contributed by atoms with Gasteiger partial charge in [0.05, 0.1) is 67.6 Å². The van der Waals surface area contributed by atoms with E-state index in [9.17, 15) is 35.1 Å². The third-order valence-corrected chi connectivity index (χ3v) is 14.6. The maximum absolute atomic E-state index is 14.5. The third-order valence-electron chi connectivity index (χ3n) is 14.6. The maximum atomic E-state index is 14.5. The van der Waals surface area contributed by atoms with Crippen LogP contribution in [-0.2, 0) is 44.7 Å². The third kappa shape index (κ3) is 11.8. The molecule has 3 saturated heterocycles. The Labute approximate surface area is 399 Å². The first kappa shape index (κ1) is 55.5. The second kappa shape index (κ2) is 22.3. The number of aliphatic hydroxyl groups excluding tert-OH is 3. The number of benzene rings is 1. The first-order chi connectivity index (χ1) is 31.7. The number of esters is 1. The van der Waals surface area contributed by atoms with Crippen molar-refractivity contribution in [2.45, 2.75) is 186 Å². The predicted molar refractivity (Wildman–Crippen MR) is 249 cm³/mol. The lowest BCUT2D eigenvalue weighted by Gasteiger charge is -2.49. The summed E-state index contributed by atoms with van der Waals surface area (Å²) in [6.45, 7) is 16.5. The van der Waals surface area contributed by atoms with E-state index in [1.54, 1.807) is 61.5 Å². The standard InChI is InChI=1S/C49H78N2O17/c1-16-36-49(10,58)42(54)26(4)39(50-62-23-30-18-37(52)65-33-20-35(60-14)34(59-13)19-31(30)33)24(2)21-47(8,57)44(68-46-40(53)32(51(11)12)17-25(3)63-46)27(5)41(28(6)45(56)66-36)67-38-22-48(9,61-15)43(55)29(7)64-38/h18-20,24-29,32,36,38,40-44,46,53-55,57-58H,16-17,21-23H2,1-15H3/b50-39-/t24-,25-,26+,27+,28-,29+,32+,36-,38?,40-,41+,42-,43+,44-,46?,47-,48-,49-/m1/s1. The largest absolute Gasteiger partial charge is 0.493 e. The Balaban J connectivity index is 1.64. The van der Waals surface area contributed by atoms with Crippen molar-refractivity contribution >= 4 is 22.7 Å². The van der Waals surface area contributed by atoms with Gasteiger partial charge in [-0.15, -0.1) is 0 Å². The number of methoxy groups -OCH3 is 3. The molecular formula is C49H78N2O17. The molecule has 0 saturated carbocycles. The van der Waals surface area contributed by atoms with Gasteiger partial charge in [0.2, 0.25) is 0 Å². The van der Waals surface area contributed by atoms with Gasteiger partial charge in [-0.1, -0.05) is 32.9 Å². The highest BCUT2D eigenvalue weighted by Gasteiger charge is 2.53. The van der Waals surface area contributed by atoms with Gasteiger partial charge in [0, 0.05) is 60.4 Å². The average molecular weight is 967 g/mol. The molecule has 0 spiro atoms. The van der Waals surface area contributed by atoms with Crippen LogP contribution in [0.3, 0.4) is 0 Å². The van der Waals surface area contributed by atoms with E-state index in [0.717, 1.165) is 0 Å². The Morgan fingerprint density at radius 1 is 0.853 bits per heavy atom. The zero-order valence-electron chi connectivity index (χ0n) is 42.5. The Morgan fingerprint density at radius 2 is 1.50 bits per heavy atom. The summed E-state index contributed by atoms with van der Waals surface area (Å²) < 4.78 is 54.3. The lowest BCUT2D eigenvalue weighted by Crippen LogP contribution is -2.61. The molecule has 0 bridgehead atoms. The van der Waals surface area contributed by atoms with E-state index in [2.05, 4.69) is 5.16 Å². The Bertz CT molecular complexity index is 2090. The first-order valence-corrected chi connectivity index (χ1v) is 23.7. The summed E-state index contributed by atoms with van der Waals surface area (Å²) in [4.78, 5) is 35.2. The van der Waals surface area contributed by atoms with Crippen LogP contribution >= 0.6 is 0 Å². The monoisotopic (exact) mass is 967 g/mol. The molecule has 386 valence electrons. The molecule has 2 unspecified atom stereocenters. The van der Waals surface area contributed by atoms with E-state index in [1.807, 2.05) is 25.9 Å². The summed E-state index contributed by atoms with van der Waals surface area (Å²) in [7, 11) is 8.11. The number of hydrogen-bond acceptors (Lipinski definition) is 19. The van der Waals surface area contributed by atoms with Crippen molar-refractivity contribution in [1.29, 1.82) is 0 Å². The van der Waals surface area contributed by atoms with Gasteiger partial charge in [-0.3, -0.25) is 4.79 Å². The molecule has 2 aromatic rings. The number of oxime groups is 1. The number of hydrogen-bond donors (Lipinski definition) is 5. The van der Waals surface area contributed by atoms with Gasteiger partial charge in [-0.25, -0.2) is 4.79 Å². The highest BCUT2D eigenvalue weighted by Crippen LogP contribution is 2.41. The van der Waals surface area contributed by atoms with Gasteiger partial charge in [-0.2, -0.15) is 0 Å². The van der Waals surface area contributed by atoms with Gasteiger partial charge >= 0.3 is 11.6 Å². The summed E-state index contributed by atoms with van der Waals surface area (Å²) in [5, 5.41) is 65.2. The molecule has 3 aliphatic heterocycles. The molecular weight excluding hydrogens is 889 g/mol. The second-order valence-electron chi connectivity index (χ2n) is 20.2. The quantitative estimate of drug-likeness (QED) is 0.115. The molecule has 19 heteroatoms. The zero-order chi connectivity index (χ0) is 50.8. The van der Waals surface area contributed by atoms with Crippen LogP contribution in [0.2, 0.25) is 0 Å². The molecule has 0 radical (unpaired) electrons. The van der Waals surface area contributed by atoms with Gasteiger partial charge in [-0.05, 0) is 81.0 Å². The molecule has 19 nitrogen and oxygen atoms in total. The van der Waals surface area contributed by atoms with Crippen molar-refractivity contribution in [3.63, 3.8) is 0 Å². The minimum Gasteiger partial charge on any atom is -0.493 e. The molecule has 3 fully saturated rings. The normalized spacial score (nSPS) is 40.8. The van der Waals surface area contributed by atoms with Crippen molar-refractivity contribution in [2.24, 2.45) is 28.8 Å². The van der Waals surface area contributed by atoms with E-state index in [0.29, 0.717) is 28.9 Å². The molecule has 3 aliphatic rings. The fourth-order valence-electron chi connectivity index (χ4n) is 10.4. The fraction of sp³-hybridized carbons (Fsp3) is 0.776. The molecule has 0 amide bonds. The molecule has 4 heterocycles. The topological polar surface area (TPSA) is 247 Å². The van der Waals surface area contributed by atoms with Crippen LogP contribution in [0.4, 0.5) is 0 Å². The second-order valence-corrected chi connectivity index (χ2v) is 20.2. The van der Waals surface area contributed by atoms with Crippen LogP contribution in [0.15, 0.2) is 32.6 Å². The van der Waals surface area contributed by atoms with Crippen molar-refractivity contribution in [1.82, 2.24) is 4.90 Å². The van der Waals surface area contributed by atoms with Crippen LogP contribution in [0, 0.1) is 23.7 Å². The Morgan fingerprint density at radius 3 is 2.10 bits per heavy atom. The molecule has 5 rings (SSSR count). The van der Waals surface area contributed by atoms with E-state index in [1.165, 1.54) is 40.4 Å². The smallest absolute Gasteiger partial charge is 0.336 e. The number of nitrogens with zero attached hydrogens (tertiary/aromatic N) is 2. The van der Waals surface area contributed by atoms with Crippen molar-refractivity contribution < 1.29 is 77.5 Å². The van der Waals surface area contributed by atoms with Crippen molar-refractivity contribution in [2.75, 3.05) is 35.4 Å². The van der Waals surface area contributed by atoms with Crippen LogP contribution in [-0.4, -0.2) is 162 Å². The summed E-state index contributed by atoms with van der Waals surface area (Å²) in [5.41, 5.74) is -4.82. The number of ether oxygens (including phenoxy) is 8. The molecule has 68 heavy (non-hydrogen) atoms. The van der Waals surface area contributed by atoms with Crippen molar-refractivity contribution in [3.8, 4) is 11.5 Å².